The Labute approximate surface area is 185 Å². The van der Waals surface area contributed by atoms with E-state index in [0.717, 1.165) is 6.07 Å². The fraction of sp³-hybridized carbons (Fsp3) is 0.150. The fourth-order valence-electron chi connectivity index (χ4n) is 2.81. The zero-order valence-corrected chi connectivity index (χ0v) is 17.3. The molecule has 3 amide bonds. The Balaban J connectivity index is 2.01. The standard InChI is InChI=1S/C20H17ClF2N4O5/c1-31-15-8-12-9(6-10(15)19(24)29)14(2-3-25-12)32-18-11(22)7-13(16(21)17(18)23)27-20(30)26-4-5-28/h2-3,6-8,28H,4-5H2,1H3,(H2,24,29)(H2,26,27,30). The van der Waals surface area contributed by atoms with Gasteiger partial charge in [-0.3, -0.25) is 9.78 Å². The molecule has 0 aliphatic heterocycles. The Morgan fingerprint density at radius 3 is 2.66 bits per heavy atom. The SMILES string of the molecule is COc1cc2nccc(Oc3c(F)cc(NC(=O)NCCO)c(Cl)c3F)c2cc1C(N)=O. The van der Waals surface area contributed by atoms with Crippen LogP contribution >= 0.6 is 11.6 Å². The van der Waals surface area contributed by atoms with Crippen molar-refractivity contribution < 1.29 is 33.0 Å². The number of aliphatic hydroxyl groups excluding tert-OH is 1. The predicted molar refractivity (Wildman–Crippen MR) is 112 cm³/mol. The van der Waals surface area contributed by atoms with Gasteiger partial charge in [-0.15, -0.1) is 0 Å². The van der Waals surface area contributed by atoms with Gasteiger partial charge in [-0.05, 0) is 12.1 Å². The van der Waals surface area contributed by atoms with Crippen molar-refractivity contribution in [2.45, 2.75) is 0 Å². The maximum atomic E-state index is 14.8. The number of hydrogen-bond donors (Lipinski definition) is 4. The number of nitrogens with two attached hydrogens (primary N) is 1. The number of aromatic nitrogens is 1. The van der Waals surface area contributed by atoms with Crippen LogP contribution < -0.4 is 25.8 Å². The molecule has 0 radical (unpaired) electrons. The molecule has 5 N–H and O–H groups in total. The molecule has 0 unspecified atom stereocenters. The topological polar surface area (TPSA) is 136 Å². The molecule has 0 aliphatic rings. The highest BCUT2D eigenvalue weighted by Gasteiger charge is 2.22. The number of nitrogens with one attached hydrogen (secondary N) is 2. The van der Waals surface area contributed by atoms with Crippen molar-refractivity contribution in [2.24, 2.45) is 5.73 Å². The van der Waals surface area contributed by atoms with Gasteiger partial charge in [-0.2, -0.15) is 0 Å². The Morgan fingerprint density at radius 1 is 1.25 bits per heavy atom. The third kappa shape index (κ3) is 4.63. The highest BCUT2D eigenvalue weighted by atomic mass is 35.5. The summed E-state index contributed by atoms with van der Waals surface area (Å²) in [7, 11) is 1.35. The van der Waals surface area contributed by atoms with Crippen LogP contribution in [0.2, 0.25) is 5.02 Å². The minimum atomic E-state index is -1.27. The summed E-state index contributed by atoms with van der Waals surface area (Å²) in [6.07, 6.45) is 1.33. The molecule has 3 aromatic rings. The molecule has 0 aliphatic carbocycles. The van der Waals surface area contributed by atoms with Gasteiger partial charge >= 0.3 is 6.03 Å². The summed E-state index contributed by atoms with van der Waals surface area (Å²) in [5.41, 5.74) is 5.36. The van der Waals surface area contributed by atoms with E-state index in [1.807, 2.05) is 0 Å². The number of amides is 3. The van der Waals surface area contributed by atoms with Crippen LogP contribution in [-0.2, 0) is 0 Å². The molecule has 0 spiro atoms. The largest absolute Gasteiger partial charge is 0.496 e. The highest BCUT2D eigenvalue weighted by Crippen LogP contribution is 2.39. The van der Waals surface area contributed by atoms with Crippen LogP contribution in [0.3, 0.4) is 0 Å². The van der Waals surface area contributed by atoms with Crippen LogP contribution in [0, 0.1) is 11.6 Å². The second-order valence-corrected chi connectivity index (χ2v) is 6.69. The monoisotopic (exact) mass is 466 g/mol. The maximum absolute atomic E-state index is 14.8. The lowest BCUT2D eigenvalue weighted by atomic mass is 10.1. The third-order valence-corrected chi connectivity index (χ3v) is 4.63. The van der Waals surface area contributed by atoms with Crippen LogP contribution in [0.25, 0.3) is 10.9 Å². The predicted octanol–water partition coefficient (Wildman–Crippen LogP) is 3.18. The first-order valence-electron chi connectivity index (χ1n) is 9.04. The van der Waals surface area contributed by atoms with Crippen LogP contribution in [-0.4, -0.2) is 42.3 Å². The van der Waals surface area contributed by atoms with Gasteiger partial charge in [0.1, 0.15) is 16.5 Å². The zero-order valence-electron chi connectivity index (χ0n) is 16.5. The van der Waals surface area contributed by atoms with E-state index in [9.17, 15) is 18.4 Å². The number of ether oxygens (including phenoxy) is 2. The minimum absolute atomic E-state index is 0.0188. The van der Waals surface area contributed by atoms with Gasteiger partial charge in [-0.25, -0.2) is 13.6 Å². The molecule has 0 saturated heterocycles. The van der Waals surface area contributed by atoms with E-state index in [2.05, 4.69) is 15.6 Å². The Kier molecular flexibility index (Phi) is 6.91. The number of halogens is 3. The van der Waals surface area contributed by atoms with Gasteiger partial charge in [0, 0.05) is 30.3 Å². The minimum Gasteiger partial charge on any atom is -0.496 e. The molecule has 12 heteroatoms. The molecule has 0 saturated carbocycles. The molecular weight excluding hydrogens is 450 g/mol. The van der Waals surface area contributed by atoms with E-state index in [-0.39, 0.29) is 41.3 Å². The van der Waals surface area contributed by atoms with E-state index in [1.165, 1.54) is 31.5 Å². The number of pyridine rings is 1. The number of aliphatic hydroxyl groups is 1. The van der Waals surface area contributed by atoms with Crippen molar-refractivity contribution in [1.82, 2.24) is 10.3 Å². The summed E-state index contributed by atoms with van der Waals surface area (Å²) in [5, 5.41) is 12.8. The van der Waals surface area contributed by atoms with E-state index in [1.54, 1.807) is 0 Å². The van der Waals surface area contributed by atoms with E-state index in [0.29, 0.717) is 5.52 Å². The van der Waals surface area contributed by atoms with Gasteiger partial charge in [-0.1, -0.05) is 11.6 Å². The molecule has 0 fully saturated rings. The number of fused-ring (bicyclic) bond motifs is 1. The van der Waals surface area contributed by atoms with E-state index in [4.69, 9.17) is 31.9 Å². The van der Waals surface area contributed by atoms with Crippen LogP contribution in [0.15, 0.2) is 30.5 Å². The fourth-order valence-corrected chi connectivity index (χ4v) is 3.00. The molecule has 9 nitrogen and oxygen atoms in total. The number of carbonyl (C=O) groups excluding carboxylic acids is 2. The highest BCUT2D eigenvalue weighted by molar-refractivity contribution is 6.34. The molecular formula is C20H17ClF2N4O5. The average molecular weight is 467 g/mol. The number of benzene rings is 2. The van der Waals surface area contributed by atoms with E-state index >= 15 is 0 Å². The second kappa shape index (κ2) is 9.62. The van der Waals surface area contributed by atoms with Gasteiger partial charge in [0.05, 0.1) is 30.5 Å². The van der Waals surface area contributed by atoms with Crippen LogP contribution in [0.5, 0.6) is 17.2 Å². The number of carbonyl (C=O) groups is 2. The number of urea groups is 1. The summed E-state index contributed by atoms with van der Waals surface area (Å²) in [5.74, 6) is -3.90. The lowest BCUT2D eigenvalue weighted by Gasteiger charge is -2.15. The number of anilines is 1. The number of methoxy groups -OCH3 is 1. The number of primary amides is 1. The Bertz CT molecular complexity index is 1210. The number of rotatable bonds is 7. The van der Waals surface area contributed by atoms with E-state index < -0.39 is 34.3 Å². The first-order chi connectivity index (χ1) is 15.3. The maximum Gasteiger partial charge on any atom is 0.319 e. The molecule has 1 heterocycles. The molecule has 3 rings (SSSR count). The van der Waals surface area contributed by atoms with Gasteiger partial charge in [0.15, 0.2) is 17.4 Å². The van der Waals surface area contributed by atoms with Gasteiger partial charge < -0.3 is 30.9 Å². The third-order valence-electron chi connectivity index (χ3n) is 4.26. The summed E-state index contributed by atoms with van der Waals surface area (Å²) >= 11 is 5.94. The molecule has 168 valence electrons. The Hall–Kier alpha value is -3.70. The van der Waals surface area contributed by atoms with Crippen molar-refractivity contribution >= 4 is 40.1 Å². The normalized spacial score (nSPS) is 10.7. The lowest BCUT2D eigenvalue weighted by molar-refractivity contribution is 0.0997. The molecule has 1 aromatic heterocycles. The smallest absolute Gasteiger partial charge is 0.319 e. The molecule has 2 aromatic carbocycles. The summed E-state index contributed by atoms with van der Waals surface area (Å²) in [6, 6.07) is 4.06. The molecule has 0 bridgehead atoms. The Morgan fingerprint density at radius 2 is 2.00 bits per heavy atom. The van der Waals surface area contributed by atoms with Crippen molar-refractivity contribution in [3.63, 3.8) is 0 Å². The van der Waals surface area contributed by atoms with Gasteiger partial charge in [0.25, 0.3) is 5.91 Å². The van der Waals surface area contributed by atoms with Crippen molar-refractivity contribution in [3.8, 4) is 17.2 Å². The summed E-state index contributed by atoms with van der Waals surface area (Å²) in [4.78, 5) is 27.5. The van der Waals surface area contributed by atoms with Crippen LogP contribution in [0.1, 0.15) is 10.4 Å². The average Bonchev–Trinajstić information content (AvgIpc) is 2.77. The quantitative estimate of drug-likeness (QED) is 0.395. The second-order valence-electron chi connectivity index (χ2n) is 6.31. The number of nitrogens with zero attached hydrogens (tertiary/aromatic N) is 1. The summed E-state index contributed by atoms with van der Waals surface area (Å²) in [6.45, 7) is -0.386. The first-order valence-corrected chi connectivity index (χ1v) is 9.42. The van der Waals surface area contributed by atoms with Crippen molar-refractivity contribution in [1.29, 1.82) is 0 Å². The van der Waals surface area contributed by atoms with Crippen LogP contribution in [0.4, 0.5) is 19.3 Å². The first kappa shape index (κ1) is 23.0. The van der Waals surface area contributed by atoms with Crippen molar-refractivity contribution in [2.75, 3.05) is 25.6 Å². The van der Waals surface area contributed by atoms with Crippen molar-refractivity contribution in [3.05, 3.63) is 52.7 Å². The van der Waals surface area contributed by atoms with Gasteiger partial charge in [0.2, 0.25) is 0 Å². The number of hydrogen-bond acceptors (Lipinski definition) is 6. The zero-order chi connectivity index (χ0) is 23.4. The lowest BCUT2D eigenvalue weighted by Crippen LogP contribution is -2.31. The summed E-state index contributed by atoms with van der Waals surface area (Å²) < 4.78 is 40.0. The molecule has 0 atom stereocenters. The molecule has 32 heavy (non-hydrogen) atoms.